The normalized spacial score (nSPS) is 9.46. The maximum absolute atomic E-state index is 5.80. The largest absolute Gasteiger partial charge is 0.474 e. The second kappa shape index (κ2) is 4.44. The first-order chi connectivity index (χ1) is 6.13. The number of halogens is 1. The number of hydrogen-bond acceptors (Lipinski definition) is 2. The molecule has 0 amide bonds. The SMILES string of the molecule is COC(=S)Nc1ccc(Cl)cc1C. The van der Waals surface area contributed by atoms with Crippen molar-refractivity contribution in [2.24, 2.45) is 0 Å². The predicted octanol–water partition coefficient (Wildman–Crippen LogP) is 2.99. The molecule has 0 saturated heterocycles. The highest BCUT2D eigenvalue weighted by molar-refractivity contribution is 7.80. The Balaban J connectivity index is 2.83. The quantitative estimate of drug-likeness (QED) is 0.728. The zero-order valence-electron chi connectivity index (χ0n) is 7.43. The van der Waals surface area contributed by atoms with E-state index >= 15 is 0 Å². The minimum atomic E-state index is 0.352. The topological polar surface area (TPSA) is 21.3 Å². The first-order valence-electron chi connectivity index (χ1n) is 3.74. The third-order valence-corrected chi connectivity index (χ3v) is 2.11. The molecule has 0 fully saturated rings. The van der Waals surface area contributed by atoms with Crippen LogP contribution in [0.5, 0.6) is 0 Å². The van der Waals surface area contributed by atoms with Crippen molar-refractivity contribution >= 4 is 34.7 Å². The van der Waals surface area contributed by atoms with Gasteiger partial charge in [-0.3, -0.25) is 0 Å². The molecule has 0 bridgehead atoms. The summed E-state index contributed by atoms with van der Waals surface area (Å²) in [7, 11) is 1.53. The van der Waals surface area contributed by atoms with E-state index in [9.17, 15) is 0 Å². The van der Waals surface area contributed by atoms with Gasteiger partial charge in [0.1, 0.15) is 0 Å². The molecular weight excluding hydrogens is 206 g/mol. The van der Waals surface area contributed by atoms with Crippen molar-refractivity contribution in [3.63, 3.8) is 0 Å². The van der Waals surface area contributed by atoms with Gasteiger partial charge in [0.2, 0.25) is 0 Å². The van der Waals surface area contributed by atoms with Crippen LogP contribution in [-0.4, -0.2) is 12.3 Å². The molecule has 0 atom stereocenters. The summed E-state index contributed by atoms with van der Waals surface area (Å²) in [5.74, 6) is 0. The molecule has 0 aliphatic heterocycles. The highest BCUT2D eigenvalue weighted by Crippen LogP contribution is 2.19. The van der Waals surface area contributed by atoms with Crippen molar-refractivity contribution in [1.82, 2.24) is 0 Å². The van der Waals surface area contributed by atoms with Gasteiger partial charge in [-0.15, -0.1) is 0 Å². The Kier molecular flexibility index (Phi) is 3.51. The highest BCUT2D eigenvalue weighted by atomic mass is 35.5. The highest BCUT2D eigenvalue weighted by Gasteiger charge is 2.00. The molecule has 0 spiro atoms. The molecule has 0 radical (unpaired) electrons. The third-order valence-electron chi connectivity index (χ3n) is 1.61. The van der Waals surface area contributed by atoms with Gasteiger partial charge in [-0.1, -0.05) is 11.6 Å². The van der Waals surface area contributed by atoms with Gasteiger partial charge in [-0.25, -0.2) is 0 Å². The van der Waals surface area contributed by atoms with Gasteiger partial charge in [-0.2, -0.15) is 0 Å². The Morgan fingerprint density at radius 3 is 2.77 bits per heavy atom. The Bertz CT molecular complexity index is 327. The van der Waals surface area contributed by atoms with E-state index in [1.165, 1.54) is 7.11 Å². The third kappa shape index (κ3) is 2.86. The summed E-state index contributed by atoms with van der Waals surface area (Å²) in [6, 6.07) is 5.53. The first kappa shape index (κ1) is 10.3. The fourth-order valence-corrected chi connectivity index (χ4v) is 1.26. The molecule has 2 nitrogen and oxygen atoms in total. The van der Waals surface area contributed by atoms with Crippen molar-refractivity contribution in [3.05, 3.63) is 28.8 Å². The van der Waals surface area contributed by atoms with Crippen LogP contribution in [0.1, 0.15) is 5.56 Å². The van der Waals surface area contributed by atoms with Gasteiger partial charge >= 0.3 is 0 Å². The fraction of sp³-hybridized carbons (Fsp3) is 0.222. The molecule has 70 valence electrons. The Labute approximate surface area is 87.9 Å². The van der Waals surface area contributed by atoms with E-state index in [2.05, 4.69) is 5.32 Å². The predicted molar refractivity (Wildman–Crippen MR) is 59.4 cm³/mol. The number of methoxy groups -OCH3 is 1. The average Bonchev–Trinajstić information content (AvgIpc) is 2.09. The second-order valence-electron chi connectivity index (χ2n) is 2.58. The summed E-state index contributed by atoms with van der Waals surface area (Å²) in [5.41, 5.74) is 1.95. The number of ether oxygens (including phenoxy) is 1. The number of thiocarbonyl (C=S) groups is 1. The van der Waals surface area contributed by atoms with Crippen molar-refractivity contribution in [2.45, 2.75) is 6.92 Å². The number of anilines is 1. The molecule has 13 heavy (non-hydrogen) atoms. The molecule has 0 aliphatic carbocycles. The van der Waals surface area contributed by atoms with Crippen molar-refractivity contribution in [2.75, 3.05) is 12.4 Å². The Morgan fingerprint density at radius 1 is 1.54 bits per heavy atom. The molecule has 0 aliphatic rings. The maximum atomic E-state index is 5.80. The summed E-state index contributed by atoms with van der Waals surface area (Å²) in [5, 5.41) is 4.00. The van der Waals surface area contributed by atoms with E-state index in [0.29, 0.717) is 10.2 Å². The average molecular weight is 216 g/mol. The van der Waals surface area contributed by atoms with E-state index in [4.69, 9.17) is 28.6 Å². The van der Waals surface area contributed by atoms with Gasteiger partial charge < -0.3 is 10.1 Å². The van der Waals surface area contributed by atoms with Gasteiger partial charge in [0.15, 0.2) is 0 Å². The standard InChI is InChI=1S/C9H10ClNOS/c1-6-5-7(10)3-4-8(6)11-9(13)12-2/h3-5H,1-2H3,(H,11,13). The van der Waals surface area contributed by atoms with Crippen LogP contribution in [0.2, 0.25) is 5.02 Å². The number of rotatable bonds is 1. The van der Waals surface area contributed by atoms with Crippen LogP contribution in [0.15, 0.2) is 18.2 Å². The number of benzene rings is 1. The Hall–Kier alpha value is -0.800. The van der Waals surface area contributed by atoms with Crippen LogP contribution in [0.3, 0.4) is 0 Å². The number of hydrogen-bond donors (Lipinski definition) is 1. The zero-order chi connectivity index (χ0) is 9.84. The van der Waals surface area contributed by atoms with E-state index in [1.807, 2.05) is 19.1 Å². The number of nitrogens with one attached hydrogen (secondary N) is 1. The van der Waals surface area contributed by atoms with Crippen molar-refractivity contribution < 1.29 is 4.74 Å². The van der Waals surface area contributed by atoms with Gasteiger partial charge in [-0.05, 0) is 42.9 Å². The van der Waals surface area contributed by atoms with Crippen LogP contribution < -0.4 is 5.32 Å². The van der Waals surface area contributed by atoms with E-state index in [1.54, 1.807) is 6.07 Å². The Morgan fingerprint density at radius 2 is 2.23 bits per heavy atom. The lowest BCUT2D eigenvalue weighted by molar-refractivity contribution is 0.413. The minimum Gasteiger partial charge on any atom is -0.474 e. The monoisotopic (exact) mass is 215 g/mol. The smallest absolute Gasteiger partial charge is 0.260 e. The second-order valence-corrected chi connectivity index (χ2v) is 3.38. The minimum absolute atomic E-state index is 0.352. The lowest BCUT2D eigenvalue weighted by Crippen LogP contribution is -2.11. The van der Waals surface area contributed by atoms with Crippen molar-refractivity contribution in [3.8, 4) is 0 Å². The molecule has 0 unspecified atom stereocenters. The van der Waals surface area contributed by atoms with E-state index in [0.717, 1.165) is 11.3 Å². The lowest BCUT2D eigenvalue weighted by Gasteiger charge is -2.08. The van der Waals surface area contributed by atoms with Gasteiger partial charge in [0, 0.05) is 10.7 Å². The summed E-state index contributed by atoms with van der Waals surface area (Å²) in [6.07, 6.45) is 0. The maximum Gasteiger partial charge on any atom is 0.260 e. The van der Waals surface area contributed by atoms with Crippen LogP contribution in [-0.2, 0) is 4.74 Å². The fourth-order valence-electron chi connectivity index (χ4n) is 0.928. The van der Waals surface area contributed by atoms with Crippen LogP contribution in [0, 0.1) is 6.92 Å². The molecule has 0 saturated carbocycles. The molecule has 1 aromatic rings. The summed E-state index contributed by atoms with van der Waals surface area (Å²) < 4.78 is 4.83. The summed E-state index contributed by atoms with van der Waals surface area (Å²) in [4.78, 5) is 0. The molecule has 4 heteroatoms. The molecular formula is C9H10ClNOS. The van der Waals surface area contributed by atoms with Crippen LogP contribution >= 0.6 is 23.8 Å². The number of aryl methyl sites for hydroxylation is 1. The van der Waals surface area contributed by atoms with Crippen molar-refractivity contribution in [1.29, 1.82) is 0 Å². The molecule has 0 aromatic heterocycles. The van der Waals surface area contributed by atoms with Crippen LogP contribution in [0.4, 0.5) is 5.69 Å². The van der Waals surface area contributed by atoms with E-state index in [-0.39, 0.29) is 0 Å². The molecule has 1 N–H and O–H groups in total. The molecule has 1 rings (SSSR count). The van der Waals surface area contributed by atoms with Gasteiger partial charge in [0.25, 0.3) is 5.17 Å². The first-order valence-corrected chi connectivity index (χ1v) is 4.53. The zero-order valence-corrected chi connectivity index (χ0v) is 9.00. The van der Waals surface area contributed by atoms with Crippen LogP contribution in [0.25, 0.3) is 0 Å². The molecule has 1 aromatic carbocycles. The summed E-state index contributed by atoms with van der Waals surface area (Å²) >= 11 is 10.7. The summed E-state index contributed by atoms with van der Waals surface area (Å²) in [6.45, 7) is 1.95. The van der Waals surface area contributed by atoms with Gasteiger partial charge in [0.05, 0.1) is 7.11 Å². The van der Waals surface area contributed by atoms with E-state index < -0.39 is 0 Å². The lowest BCUT2D eigenvalue weighted by atomic mass is 10.2. The molecule has 0 heterocycles.